The van der Waals surface area contributed by atoms with E-state index in [1.54, 1.807) is 36.4 Å². The second-order valence-corrected chi connectivity index (χ2v) is 19.4. The van der Waals surface area contributed by atoms with Gasteiger partial charge in [-0.3, -0.25) is 54.3 Å². The summed E-state index contributed by atoms with van der Waals surface area (Å²) in [5.41, 5.74) is 3.97. The Morgan fingerprint density at radius 2 is 1.06 bits per heavy atom. The Morgan fingerprint density at radius 3 is 1.54 bits per heavy atom. The smallest absolute Gasteiger partial charge is 0.320 e. The Balaban J connectivity index is 0.000000150. The van der Waals surface area contributed by atoms with Gasteiger partial charge >= 0.3 is 17.3 Å². The first-order chi connectivity index (χ1) is 37.5. The standard InChI is InChI=1S/C30H22N4O8.C26H18N4O6/c1-13(35)32-29(37)24-21-17-6-4-5-7-18(17)31-26(21)28-23(25(24)30(32)38)22-19(10-11-20(41-3)27(22)34(39)40)33(28)15-8-9-16(12-15)42-14(2)36;1-36-16-9-8-15-18(23(16)30(34)35)19-21-20(25(32)28-26(21)33)17-13-4-2-3-5-14(13)27-22(17)24(19)29(15)11-6-7-12(31)10-11/h4-11,15-16,31H,12H2,1-3H3;2-9,11-12,27,31H,10H2,1H3,(H,28,32,33)/t15?,16-;11?,12-/m11/s1. The zero-order chi connectivity index (χ0) is 54.5. The third kappa shape index (κ3) is 6.39. The average Bonchev–Trinajstić information content (AvgIpc) is 4.01. The number of H-pyrrole nitrogens is 2. The van der Waals surface area contributed by atoms with Crippen LogP contribution in [0.2, 0.25) is 0 Å². The van der Waals surface area contributed by atoms with E-state index in [0.29, 0.717) is 77.9 Å². The number of fused-ring (bicyclic) bond motifs is 20. The number of benzene rings is 6. The van der Waals surface area contributed by atoms with E-state index in [2.05, 4.69) is 15.3 Å². The van der Waals surface area contributed by atoms with Crippen LogP contribution in [0.1, 0.15) is 80.2 Å². The predicted octanol–water partition coefficient (Wildman–Crippen LogP) is 9.01. The summed E-state index contributed by atoms with van der Waals surface area (Å²) >= 11 is 0. The summed E-state index contributed by atoms with van der Waals surface area (Å²) < 4.78 is 19.9. The lowest BCUT2D eigenvalue weighted by Gasteiger charge is -2.17. The molecule has 6 aromatic carbocycles. The highest BCUT2D eigenvalue weighted by molar-refractivity contribution is 6.43. The minimum Gasteiger partial charge on any atom is -0.490 e. The van der Waals surface area contributed by atoms with E-state index >= 15 is 0 Å². The fraction of sp³-hybridized carbons (Fsp3) is 0.179. The lowest BCUT2D eigenvalue weighted by Crippen LogP contribution is -2.34. The number of nitrogens with zero attached hydrogens (tertiary/aromatic N) is 5. The van der Waals surface area contributed by atoms with Crippen LogP contribution in [0.3, 0.4) is 0 Å². The van der Waals surface area contributed by atoms with Crippen molar-refractivity contribution >= 4 is 134 Å². The van der Waals surface area contributed by atoms with Gasteiger partial charge in [0.15, 0.2) is 11.5 Å². The number of hydrogen-bond donors (Lipinski definition) is 4. The molecule has 4 N–H and O–H groups in total. The van der Waals surface area contributed by atoms with Crippen LogP contribution in [0.5, 0.6) is 11.5 Å². The molecule has 388 valence electrons. The van der Waals surface area contributed by atoms with Crippen molar-refractivity contribution in [3.05, 3.63) is 140 Å². The molecule has 0 saturated carbocycles. The number of allylic oxidation sites excluding steroid dienone is 2. The number of ether oxygens (including phenoxy) is 3. The number of carbonyl (C=O) groups excluding carboxylic acids is 6. The number of nitrogens with one attached hydrogen (secondary N) is 3. The van der Waals surface area contributed by atoms with E-state index in [0.717, 1.165) is 17.8 Å². The van der Waals surface area contributed by atoms with E-state index in [-0.39, 0.29) is 67.3 Å². The molecule has 0 spiro atoms. The van der Waals surface area contributed by atoms with Crippen LogP contribution >= 0.6 is 0 Å². The first-order valence-electron chi connectivity index (χ1n) is 24.5. The number of nitro groups is 2. The number of imide groups is 4. The lowest BCUT2D eigenvalue weighted by atomic mass is 9.96. The molecule has 2 aliphatic heterocycles. The molecule has 2 unspecified atom stereocenters. The number of aliphatic hydroxyl groups excluding tert-OH is 1. The number of aliphatic hydroxyl groups is 1. The summed E-state index contributed by atoms with van der Waals surface area (Å²) in [5, 5.41) is 40.8. The summed E-state index contributed by atoms with van der Waals surface area (Å²) in [7, 11) is 2.66. The van der Waals surface area contributed by atoms with E-state index < -0.39 is 63.6 Å². The Hall–Kier alpha value is -10.2. The van der Waals surface area contributed by atoms with Gasteiger partial charge in [0.1, 0.15) is 6.10 Å². The van der Waals surface area contributed by atoms with Crippen molar-refractivity contribution < 1.29 is 57.9 Å². The molecule has 4 aliphatic rings. The van der Waals surface area contributed by atoms with Crippen molar-refractivity contribution in [3.8, 4) is 11.5 Å². The van der Waals surface area contributed by atoms with E-state index in [9.17, 15) is 54.1 Å². The monoisotopic (exact) mass is 1050 g/mol. The summed E-state index contributed by atoms with van der Waals surface area (Å²) in [5.74, 6) is -3.99. The molecular weight excluding hydrogens is 1010 g/mol. The minimum atomic E-state index is -0.851. The van der Waals surface area contributed by atoms with Crippen LogP contribution in [-0.4, -0.2) is 101 Å². The Kier molecular flexibility index (Phi) is 10.3. The molecule has 78 heavy (non-hydrogen) atoms. The summed E-state index contributed by atoms with van der Waals surface area (Å²) in [6.07, 6.45) is 6.64. The molecule has 6 heterocycles. The molecule has 0 saturated heterocycles. The van der Waals surface area contributed by atoms with Gasteiger partial charge in [0, 0.05) is 70.0 Å². The van der Waals surface area contributed by atoms with Crippen LogP contribution in [0, 0.1) is 20.2 Å². The van der Waals surface area contributed by atoms with Gasteiger partial charge in [-0.25, -0.2) is 4.90 Å². The quantitative estimate of drug-likeness (QED) is 0.0381. The summed E-state index contributed by atoms with van der Waals surface area (Å²) in [4.78, 5) is 110. The number of aromatic amines is 2. The van der Waals surface area contributed by atoms with Crippen molar-refractivity contribution in [1.82, 2.24) is 29.3 Å². The second kappa shape index (κ2) is 16.9. The predicted molar refractivity (Wildman–Crippen MR) is 284 cm³/mol. The number of hydrogen-bond acceptors (Lipinski definition) is 14. The van der Waals surface area contributed by atoms with Crippen LogP contribution in [0.25, 0.3) is 87.2 Å². The average molecular weight is 1050 g/mol. The van der Waals surface area contributed by atoms with Crippen LogP contribution in [0.4, 0.5) is 11.4 Å². The molecule has 0 radical (unpaired) electrons. The largest absolute Gasteiger partial charge is 0.490 e. The molecule has 4 aromatic heterocycles. The molecule has 14 rings (SSSR count). The molecular formula is C56H40N8O14. The van der Waals surface area contributed by atoms with Crippen molar-refractivity contribution in [3.63, 3.8) is 0 Å². The molecule has 0 bridgehead atoms. The molecule has 10 aromatic rings. The number of para-hydroxylation sites is 2. The van der Waals surface area contributed by atoms with Crippen molar-refractivity contribution in [2.75, 3.05) is 14.2 Å². The van der Waals surface area contributed by atoms with Crippen molar-refractivity contribution in [2.45, 2.75) is 51.0 Å². The highest BCUT2D eigenvalue weighted by Crippen LogP contribution is 2.53. The van der Waals surface area contributed by atoms with Gasteiger partial charge in [-0.05, 0) is 42.5 Å². The first-order valence-corrected chi connectivity index (χ1v) is 24.5. The Labute approximate surface area is 436 Å². The molecule has 2 aliphatic carbocycles. The van der Waals surface area contributed by atoms with Crippen LogP contribution in [-0.2, 0) is 14.3 Å². The van der Waals surface area contributed by atoms with Gasteiger partial charge in [-0.2, -0.15) is 0 Å². The zero-order valence-corrected chi connectivity index (χ0v) is 41.5. The molecule has 0 fully saturated rings. The topological polar surface area (TPSA) is 293 Å². The van der Waals surface area contributed by atoms with Gasteiger partial charge in [-0.15, -0.1) is 0 Å². The SMILES string of the molecule is COc1ccc2c(c1[N+](=O)[O-])c1c3c(c4c5ccccc5[nH]c4c1n2C1C=C[C@@H](O)C1)C(=O)NC3=O.COc1ccc2c(c1[N+](=O)[O-])c1c3c(c4c5ccccc5[nH]c4c1n2C1C=C[C@@H](OC(C)=O)C1)C(=O)N(C(C)=O)C3=O. The number of aromatic nitrogens is 4. The molecule has 22 nitrogen and oxygen atoms in total. The first kappa shape index (κ1) is 47.5. The van der Waals surface area contributed by atoms with Gasteiger partial charge in [0.2, 0.25) is 5.91 Å². The minimum absolute atomic E-state index is 0.00562. The maximum atomic E-state index is 13.9. The number of carbonyl (C=O) groups is 6. The number of esters is 1. The third-order valence-corrected chi connectivity index (χ3v) is 15.3. The number of nitro benzene ring substituents is 2. The number of rotatable bonds is 7. The summed E-state index contributed by atoms with van der Waals surface area (Å²) in [6, 6.07) is 20.3. The Morgan fingerprint density at radius 1 is 0.603 bits per heavy atom. The van der Waals surface area contributed by atoms with Gasteiger partial charge in [0.05, 0.1) is 108 Å². The zero-order valence-electron chi connectivity index (χ0n) is 41.5. The highest BCUT2D eigenvalue weighted by atomic mass is 16.6. The maximum Gasteiger partial charge on any atom is 0.320 e. The normalized spacial score (nSPS) is 18.6. The van der Waals surface area contributed by atoms with Crippen molar-refractivity contribution in [1.29, 1.82) is 0 Å². The van der Waals surface area contributed by atoms with E-state index in [4.69, 9.17) is 14.2 Å². The van der Waals surface area contributed by atoms with Crippen LogP contribution in [0.15, 0.2) is 97.1 Å². The second-order valence-electron chi connectivity index (χ2n) is 19.4. The van der Waals surface area contributed by atoms with Gasteiger partial charge < -0.3 is 38.4 Å². The summed E-state index contributed by atoms with van der Waals surface area (Å²) in [6.45, 7) is 2.44. The third-order valence-electron chi connectivity index (χ3n) is 15.3. The lowest BCUT2D eigenvalue weighted by molar-refractivity contribution is -0.384. The highest BCUT2D eigenvalue weighted by Gasteiger charge is 2.46. The maximum absolute atomic E-state index is 13.9. The van der Waals surface area contributed by atoms with Crippen molar-refractivity contribution in [2.24, 2.45) is 0 Å². The Bertz CT molecular complexity index is 4590. The van der Waals surface area contributed by atoms with E-state index in [1.165, 1.54) is 33.3 Å². The molecule has 4 atom stereocenters. The molecule has 5 amide bonds. The van der Waals surface area contributed by atoms with Crippen LogP contribution < -0.4 is 14.8 Å². The fourth-order valence-electron chi connectivity index (χ4n) is 12.5. The fourth-order valence-corrected chi connectivity index (χ4v) is 12.5. The molecule has 22 heteroatoms. The number of methoxy groups -OCH3 is 2. The van der Waals surface area contributed by atoms with E-state index in [1.807, 2.05) is 57.7 Å². The number of amides is 5. The van der Waals surface area contributed by atoms with Gasteiger partial charge in [-0.1, -0.05) is 54.6 Å². The van der Waals surface area contributed by atoms with Gasteiger partial charge in [0.25, 0.3) is 23.6 Å².